The number of anilines is 1. The van der Waals surface area contributed by atoms with Gasteiger partial charge >= 0.3 is 0 Å². The predicted octanol–water partition coefficient (Wildman–Crippen LogP) is 1.44. The molecule has 2 atom stereocenters. The molecule has 2 aliphatic rings. The summed E-state index contributed by atoms with van der Waals surface area (Å²) in [6.07, 6.45) is 2.34. The lowest BCUT2D eigenvalue weighted by Crippen LogP contribution is -2.50. The molecule has 3 rings (SSSR count). The van der Waals surface area contributed by atoms with Crippen LogP contribution in [0.5, 0.6) is 0 Å². The Morgan fingerprint density at radius 1 is 1.40 bits per heavy atom. The van der Waals surface area contributed by atoms with Gasteiger partial charge in [-0.05, 0) is 18.1 Å². The lowest BCUT2D eigenvalue weighted by molar-refractivity contribution is 0.260. The lowest BCUT2D eigenvalue weighted by Gasteiger charge is -2.35. The smallest absolute Gasteiger partial charge is 0.164 e. The van der Waals surface area contributed by atoms with Crippen molar-refractivity contribution in [3.05, 3.63) is 29.8 Å². The third kappa shape index (κ3) is 2.97. The average molecular weight is 312 g/mol. The lowest BCUT2D eigenvalue weighted by atomic mass is 10.1. The Morgan fingerprint density at radius 3 is 2.95 bits per heavy atom. The largest absolute Gasteiger partial charge is 0.380 e. The Bertz CT molecular complexity index is 564. The van der Waals surface area contributed by atoms with E-state index in [1.807, 2.05) is 6.07 Å². The standard InChI is InChI=1S/C14H20N2O2S2/c1-20(17,18)14-10-19-7-6-16(14)9-12-8-11-4-2-3-5-13(11)15-12/h2-5,12,14-15H,6-10H2,1H3. The van der Waals surface area contributed by atoms with Crippen LogP contribution < -0.4 is 5.32 Å². The minimum absolute atomic E-state index is 0.319. The Balaban J connectivity index is 1.69. The maximum atomic E-state index is 11.9. The molecule has 6 heteroatoms. The van der Waals surface area contributed by atoms with Gasteiger partial charge < -0.3 is 5.32 Å². The molecule has 1 saturated heterocycles. The molecule has 0 saturated carbocycles. The molecule has 20 heavy (non-hydrogen) atoms. The second-order valence-corrected chi connectivity index (χ2v) is 8.91. The maximum Gasteiger partial charge on any atom is 0.164 e. The van der Waals surface area contributed by atoms with Crippen molar-refractivity contribution >= 4 is 27.3 Å². The van der Waals surface area contributed by atoms with Crippen LogP contribution >= 0.6 is 11.8 Å². The number of hydrogen-bond acceptors (Lipinski definition) is 5. The highest BCUT2D eigenvalue weighted by Gasteiger charge is 2.33. The summed E-state index contributed by atoms with van der Waals surface area (Å²) in [4.78, 5) is 2.13. The van der Waals surface area contributed by atoms with Gasteiger partial charge in [0.15, 0.2) is 9.84 Å². The molecule has 1 N–H and O–H groups in total. The van der Waals surface area contributed by atoms with Crippen molar-refractivity contribution in [2.45, 2.75) is 17.8 Å². The van der Waals surface area contributed by atoms with Gasteiger partial charge in [-0.15, -0.1) is 0 Å². The van der Waals surface area contributed by atoms with Crippen LogP contribution in [0.15, 0.2) is 24.3 Å². The van der Waals surface area contributed by atoms with E-state index in [1.54, 1.807) is 11.8 Å². The number of nitrogens with one attached hydrogen (secondary N) is 1. The first-order valence-corrected chi connectivity index (χ1v) is 10.00. The normalized spacial score (nSPS) is 27.1. The molecular weight excluding hydrogens is 292 g/mol. The fraction of sp³-hybridized carbons (Fsp3) is 0.571. The van der Waals surface area contributed by atoms with E-state index in [-0.39, 0.29) is 5.37 Å². The molecule has 2 heterocycles. The molecule has 0 aliphatic carbocycles. The first-order chi connectivity index (χ1) is 9.54. The molecular formula is C14H20N2O2S2. The van der Waals surface area contributed by atoms with Crippen LogP contribution in [0, 0.1) is 0 Å². The van der Waals surface area contributed by atoms with E-state index in [0.29, 0.717) is 11.8 Å². The number of fused-ring (bicyclic) bond motifs is 1. The van der Waals surface area contributed by atoms with Gasteiger partial charge in [0.1, 0.15) is 5.37 Å². The molecule has 1 aromatic carbocycles. The molecule has 110 valence electrons. The zero-order valence-electron chi connectivity index (χ0n) is 11.6. The summed E-state index contributed by atoms with van der Waals surface area (Å²) in [5, 5.41) is 3.18. The summed E-state index contributed by atoms with van der Waals surface area (Å²) in [6, 6.07) is 8.64. The minimum atomic E-state index is -3.01. The van der Waals surface area contributed by atoms with Gasteiger partial charge in [0.25, 0.3) is 0 Å². The number of rotatable bonds is 3. The van der Waals surface area contributed by atoms with Crippen molar-refractivity contribution in [3.63, 3.8) is 0 Å². The van der Waals surface area contributed by atoms with Gasteiger partial charge in [0.05, 0.1) is 0 Å². The number of hydrogen-bond donors (Lipinski definition) is 1. The van der Waals surface area contributed by atoms with Crippen molar-refractivity contribution in [3.8, 4) is 0 Å². The monoisotopic (exact) mass is 312 g/mol. The molecule has 0 spiro atoms. The van der Waals surface area contributed by atoms with Gasteiger partial charge in [-0.2, -0.15) is 11.8 Å². The van der Waals surface area contributed by atoms with E-state index in [0.717, 1.165) is 25.3 Å². The number of thioether (sulfide) groups is 1. The summed E-state index contributed by atoms with van der Waals surface area (Å²) in [6.45, 7) is 1.66. The zero-order valence-corrected chi connectivity index (χ0v) is 13.2. The number of sulfone groups is 1. The van der Waals surface area contributed by atoms with Crippen LogP contribution in [-0.4, -0.2) is 55.6 Å². The van der Waals surface area contributed by atoms with E-state index in [2.05, 4.69) is 28.4 Å². The van der Waals surface area contributed by atoms with Crippen LogP contribution in [0.3, 0.4) is 0 Å². The van der Waals surface area contributed by atoms with Crippen molar-refractivity contribution in [1.29, 1.82) is 0 Å². The third-order valence-electron chi connectivity index (χ3n) is 3.98. The van der Waals surface area contributed by atoms with E-state index in [4.69, 9.17) is 0 Å². The Labute approximate surface area is 124 Å². The minimum Gasteiger partial charge on any atom is -0.380 e. The van der Waals surface area contributed by atoms with E-state index < -0.39 is 9.84 Å². The molecule has 0 aromatic heterocycles. The maximum absolute atomic E-state index is 11.9. The number of nitrogens with zero attached hydrogens (tertiary/aromatic N) is 1. The van der Waals surface area contributed by atoms with Gasteiger partial charge in [-0.3, -0.25) is 4.90 Å². The predicted molar refractivity (Wildman–Crippen MR) is 85.1 cm³/mol. The van der Waals surface area contributed by atoms with Crippen molar-refractivity contribution in [2.24, 2.45) is 0 Å². The first-order valence-electron chi connectivity index (χ1n) is 6.89. The van der Waals surface area contributed by atoms with Crippen LogP contribution in [-0.2, 0) is 16.3 Å². The van der Waals surface area contributed by atoms with E-state index in [1.165, 1.54) is 17.5 Å². The van der Waals surface area contributed by atoms with Crippen molar-refractivity contribution in [2.75, 3.05) is 36.2 Å². The molecule has 2 unspecified atom stereocenters. The Kier molecular flexibility index (Phi) is 3.97. The van der Waals surface area contributed by atoms with Gasteiger partial charge in [0.2, 0.25) is 0 Å². The SMILES string of the molecule is CS(=O)(=O)C1CSCCN1CC1Cc2ccccc2N1. The summed E-state index contributed by atoms with van der Waals surface area (Å²) < 4.78 is 23.8. The average Bonchev–Trinajstić information content (AvgIpc) is 2.80. The molecule has 0 bridgehead atoms. The highest BCUT2D eigenvalue weighted by atomic mass is 32.2. The molecule has 0 amide bonds. The molecule has 1 fully saturated rings. The molecule has 2 aliphatic heterocycles. The molecule has 0 radical (unpaired) electrons. The van der Waals surface area contributed by atoms with Crippen molar-refractivity contribution in [1.82, 2.24) is 4.90 Å². The summed E-state index contributed by atoms with van der Waals surface area (Å²) in [5.74, 6) is 1.71. The highest BCUT2D eigenvalue weighted by molar-refractivity contribution is 8.00. The quantitative estimate of drug-likeness (QED) is 0.915. The second kappa shape index (κ2) is 5.58. The van der Waals surface area contributed by atoms with Crippen molar-refractivity contribution < 1.29 is 8.42 Å². The summed E-state index contributed by atoms with van der Waals surface area (Å²) >= 11 is 1.74. The Morgan fingerprint density at radius 2 is 2.20 bits per heavy atom. The van der Waals surface area contributed by atoms with Crippen LogP contribution in [0.4, 0.5) is 5.69 Å². The van der Waals surface area contributed by atoms with Crippen LogP contribution in [0.25, 0.3) is 0 Å². The molecule has 4 nitrogen and oxygen atoms in total. The topological polar surface area (TPSA) is 49.4 Å². The fourth-order valence-electron chi connectivity index (χ4n) is 2.99. The molecule has 1 aromatic rings. The highest BCUT2D eigenvalue weighted by Crippen LogP contribution is 2.27. The summed E-state index contributed by atoms with van der Waals surface area (Å²) in [5.41, 5.74) is 2.53. The fourth-order valence-corrected chi connectivity index (χ4v) is 5.94. The van der Waals surface area contributed by atoms with E-state index >= 15 is 0 Å². The Hall–Kier alpha value is -0.720. The van der Waals surface area contributed by atoms with E-state index in [9.17, 15) is 8.42 Å². The number of para-hydroxylation sites is 1. The van der Waals surface area contributed by atoms with Gasteiger partial charge in [-0.25, -0.2) is 8.42 Å². The zero-order chi connectivity index (χ0) is 14.2. The second-order valence-electron chi connectivity index (χ2n) is 5.56. The third-order valence-corrected chi connectivity index (χ3v) is 6.67. The van der Waals surface area contributed by atoms with Crippen LogP contribution in [0.1, 0.15) is 5.56 Å². The van der Waals surface area contributed by atoms with Gasteiger partial charge in [-0.1, -0.05) is 18.2 Å². The van der Waals surface area contributed by atoms with Gasteiger partial charge in [0, 0.05) is 42.6 Å². The summed E-state index contributed by atoms with van der Waals surface area (Å²) in [7, 11) is -3.01. The van der Waals surface area contributed by atoms with Crippen LogP contribution in [0.2, 0.25) is 0 Å². The number of benzene rings is 1. The first kappa shape index (κ1) is 14.2.